The molecule has 0 aromatic heterocycles. The quantitative estimate of drug-likeness (QED) is 0.477. The first-order valence-electron chi connectivity index (χ1n) is 10.6. The summed E-state index contributed by atoms with van der Waals surface area (Å²) in [6.07, 6.45) is 0.540. The molecule has 0 saturated carbocycles. The van der Waals surface area contributed by atoms with Gasteiger partial charge >= 0.3 is 6.09 Å². The van der Waals surface area contributed by atoms with E-state index in [9.17, 15) is 9.18 Å². The van der Waals surface area contributed by atoms with Crippen molar-refractivity contribution in [2.24, 2.45) is 0 Å². The summed E-state index contributed by atoms with van der Waals surface area (Å²) in [5, 5.41) is 6.20. The Labute approximate surface area is 207 Å². The second-order valence-electron chi connectivity index (χ2n) is 8.60. The van der Waals surface area contributed by atoms with Gasteiger partial charge in [0.25, 0.3) is 0 Å². The monoisotopic (exact) mass is 529 g/mol. The summed E-state index contributed by atoms with van der Waals surface area (Å²) in [6.45, 7) is 5.49. The van der Waals surface area contributed by atoms with Gasteiger partial charge in [0.2, 0.25) is 0 Å². The van der Waals surface area contributed by atoms with E-state index in [1.165, 1.54) is 0 Å². The molecule has 3 nitrogen and oxygen atoms in total. The Hall–Kier alpha value is -2.49. The van der Waals surface area contributed by atoms with Gasteiger partial charge in [0.15, 0.2) is 0 Å². The highest BCUT2D eigenvalue weighted by Crippen LogP contribution is 2.56. The number of rotatable bonds is 7. The standard InChI is InChI=1S/C27H29FNO2P.BrH/c1-27(2,3)31-26(30)29-20-22(19-28)21-32(23-13-7-4-8-14-23,24-15-9-5-10-16-24)25-17-11-6-12-18-25;/h4-19H,20-21H2,1-3H3;1H. The molecule has 0 bridgehead atoms. The van der Waals surface area contributed by atoms with E-state index in [0.29, 0.717) is 18.1 Å². The molecule has 33 heavy (non-hydrogen) atoms. The number of nitrogens with one attached hydrogen (secondary N) is 1. The Morgan fingerprint density at radius 2 is 1.24 bits per heavy atom. The van der Waals surface area contributed by atoms with Crippen LogP contribution in [-0.2, 0) is 4.74 Å². The zero-order valence-corrected chi connectivity index (χ0v) is 21.7. The molecule has 0 aliphatic carbocycles. The maximum absolute atomic E-state index is 14.2. The Morgan fingerprint density at radius 1 is 0.848 bits per heavy atom. The van der Waals surface area contributed by atoms with Gasteiger partial charge in [0.05, 0.1) is 12.5 Å². The number of benzene rings is 3. The second-order valence-corrected chi connectivity index (χ2v) is 12.1. The lowest BCUT2D eigenvalue weighted by Crippen LogP contribution is -3.00. The van der Waals surface area contributed by atoms with Gasteiger partial charge in [-0.1, -0.05) is 54.6 Å². The number of carbonyl (C=O) groups excluding carboxylic acids is 1. The first-order valence-corrected chi connectivity index (χ1v) is 12.6. The van der Waals surface area contributed by atoms with Crippen molar-refractivity contribution in [3.63, 3.8) is 0 Å². The summed E-state index contributed by atoms with van der Waals surface area (Å²) in [5.74, 6) is 0. The summed E-state index contributed by atoms with van der Waals surface area (Å²) < 4.78 is 19.5. The molecule has 0 aliphatic rings. The SMILES string of the molecule is CC(C)(C)OC(=O)NCC(=CF)C[P+](c1ccccc1)(c1ccccc1)c1ccccc1.[Br-]. The fourth-order valence-corrected chi connectivity index (χ4v) is 7.98. The predicted octanol–water partition coefficient (Wildman–Crippen LogP) is 2.36. The molecule has 1 N–H and O–H groups in total. The average molecular weight is 530 g/mol. The minimum atomic E-state index is -2.23. The number of carbonyl (C=O) groups is 1. The molecule has 0 unspecified atom stereocenters. The van der Waals surface area contributed by atoms with Crippen molar-refractivity contribution >= 4 is 29.3 Å². The minimum Gasteiger partial charge on any atom is -1.00 e. The highest BCUT2D eigenvalue weighted by molar-refractivity contribution is 7.95. The summed E-state index contributed by atoms with van der Waals surface area (Å²) in [6, 6.07) is 30.8. The van der Waals surface area contributed by atoms with Gasteiger partial charge in [0, 0.05) is 12.1 Å². The van der Waals surface area contributed by atoms with Crippen LogP contribution in [-0.4, -0.2) is 24.4 Å². The lowest BCUT2D eigenvalue weighted by atomic mass is 10.2. The maximum atomic E-state index is 14.2. The van der Waals surface area contributed by atoms with Crippen molar-refractivity contribution in [3.05, 3.63) is 103 Å². The molecule has 0 radical (unpaired) electrons. The molecular formula is C27H30BrFNO2P. The summed E-state index contributed by atoms with van der Waals surface area (Å²) in [4.78, 5) is 12.2. The van der Waals surface area contributed by atoms with Crippen molar-refractivity contribution in [1.29, 1.82) is 0 Å². The van der Waals surface area contributed by atoms with Gasteiger partial charge in [-0.15, -0.1) is 0 Å². The van der Waals surface area contributed by atoms with Crippen LogP contribution < -0.4 is 38.2 Å². The normalized spacial score (nSPS) is 11.9. The van der Waals surface area contributed by atoms with Gasteiger partial charge in [0.1, 0.15) is 28.8 Å². The summed E-state index contributed by atoms with van der Waals surface area (Å²) in [5.41, 5.74) is -0.0980. The molecule has 6 heteroatoms. The first-order chi connectivity index (χ1) is 15.3. The van der Waals surface area contributed by atoms with E-state index in [-0.39, 0.29) is 23.5 Å². The second kappa shape index (κ2) is 12.1. The van der Waals surface area contributed by atoms with Crippen LogP contribution in [0.1, 0.15) is 20.8 Å². The Balaban J connectivity index is 0.00000385. The van der Waals surface area contributed by atoms with Crippen LogP contribution in [0.2, 0.25) is 0 Å². The van der Waals surface area contributed by atoms with E-state index in [2.05, 4.69) is 41.7 Å². The largest absolute Gasteiger partial charge is 1.00 e. The van der Waals surface area contributed by atoms with Crippen molar-refractivity contribution < 1.29 is 30.9 Å². The number of hydrogen-bond acceptors (Lipinski definition) is 2. The molecular weight excluding hydrogens is 500 g/mol. The first kappa shape index (κ1) is 26.8. The van der Waals surface area contributed by atoms with E-state index >= 15 is 0 Å². The number of halogens is 2. The molecule has 0 saturated heterocycles. The van der Waals surface area contributed by atoms with Crippen molar-refractivity contribution in [2.75, 3.05) is 12.7 Å². The Kier molecular flexibility index (Phi) is 9.82. The van der Waals surface area contributed by atoms with Crippen LogP contribution >= 0.6 is 7.26 Å². The molecule has 3 rings (SSSR count). The third-order valence-corrected chi connectivity index (χ3v) is 9.46. The molecule has 3 aromatic rings. The van der Waals surface area contributed by atoms with E-state index < -0.39 is 19.0 Å². The van der Waals surface area contributed by atoms with Crippen LogP contribution in [0.5, 0.6) is 0 Å². The van der Waals surface area contributed by atoms with Crippen LogP contribution in [0.15, 0.2) is 103 Å². The lowest BCUT2D eigenvalue weighted by Gasteiger charge is -2.28. The maximum Gasteiger partial charge on any atom is 0.407 e. The topological polar surface area (TPSA) is 38.3 Å². The third-order valence-electron chi connectivity index (χ3n) is 5.04. The number of alkyl carbamates (subject to hydrolysis) is 1. The van der Waals surface area contributed by atoms with E-state index in [1.54, 1.807) is 20.8 Å². The van der Waals surface area contributed by atoms with Gasteiger partial charge in [-0.05, 0) is 57.2 Å². The molecule has 1 amide bonds. The Bertz CT molecular complexity index is 941. The van der Waals surface area contributed by atoms with Gasteiger partial charge in [-0.2, -0.15) is 0 Å². The molecule has 3 aromatic carbocycles. The predicted molar refractivity (Wildman–Crippen MR) is 133 cm³/mol. The van der Waals surface area contributed by atoms with Crippen LogP contribution in [0.3, 0.4) is 0 Å². The fourth-order valence-electron chi connectivity index (χ4n) is 3.70. The highest BCUT2D eigenvalue weighted by Gasteiger charge is 2.45. The minimum absolute atomic E-state index is 0. The number of ether oxygens (including phenoxy) is 1. The molecule has 0 heterocycles. The van der Waals surface area contributed by atoms with Gasteiger partial charge in [-0.25, -0.2) is 9.18 Å². The number of amides is 1. The lowest BCUT2D eigenvalue weighted by molar-refractivity contribution is -0.0000284. The number of hydrogen-bond donors (Lipinski definition) is 1. The Morgan fingerprint density at radius 3 is 1.58 bits per heavy atom. The third kappa shape index (κ3) is 6.99. The van der Waals surface area contributed by atoms with Crippen molar-refractivity contribution in [1.82, 2.24) is 5.32 Å². The fraction of sp³-hybridized carbons (Fsp3) is 0.222. The molecule has 0 aliphatic heterocycles. The summed E-state index contributed by atoms with van der Waals surface area (Å²) in [7, 11) is -2.23. The van der Waals surface area contributed by atoms with Crippen LogP contribution in [0.4, 0.5) is 9.18 Å². The van der Waals surface area contributed by atoms with Gasteiger partial charge < -0.3 is 27.0 Å². The van der Waals surface area contributed by atoms with Crippen LogP contribution in [0, 0.1) is 0 Å². The van der Waals surface area contributed by atoms with Crippen molar-refractivity contribution in [3.8, 4) is 0 Å². The van der Waals surface area contributed by atoms with E-state index in [1.807, 2.05) is 54.6 Å². The molecule has 0 spiro atoms. The zero-order valence-electron chi connectivity index (χ0n) is 19.2. The molecule has 0 fully saturated rings. The molecule has 0 atom stereocenters. The van der Waals surface area contributed by atoms with Crippen molar-refractivity contribution in [2.45, 2.75) is 26.4 Å². The van der Waals surface area contributed by atoms with Crippen LogP contribution in [0.25, 0.3) is 0 Å². The molecule has 174 valence electrons. The highest BCUT2D eigenvalue weighted by atomic mass is 79.9. The van der Waals surface area contributed by atoms with E-state index in [0.717, 1.165) is 15.9 Å². The average Bonchev–Trinajstić information content (AvgIpc) is 2.80. The van der Waals surface area contributed by atoms with E-state index in [4.69, 9.17) is 4.74 Å². The zero-order chi connectivity index (χ0) is 23.0. The smallest absolute Gasteiger partial charge is 0.407 e. The summed E-state index contributed by atoms with van der Waals surface area (Å²) >= 11 is 0. The van der Waals surface area contributed by atoms with Gasteiger partial charge in [-0.3, -0.25) is 0 Å².